The van der Waals surface area contributed by atoms with Crippen molar-refractivity contribution in [1.29, 1.82) is 0 Å². The van der Waals surface area contributed by atoms with Crippen molar-refractivity contribution in [3.8, 4) is 0 Å². The van der Waals surface area contributed by atoms with E-state index < -0.39 is 11.7 Å². The third kappa shape index (κ3) is 3.15. The topological polar surface area (TPSA) is 29.1 Å². The molecule has 1 fully saturated rings. The molecule has 0 radical (unpaired) electrons. The molecule has 0 aliphatic heterocycles. The minimum absolute atomic E-state index is 0.00129. The highest BCUT2D eigenvalue weighted by Gasteiger charge is 2.55. The summed E-state index contributed by atoms with van der Waals surface area (Å²) in [6, 6.07) is 8.97. The number of alkyl halides is 3. The fraction of sp³-hybridized carbons (Fsp3) is 0.500. The van der Waals surface area contributed by atoms with Crippen LogP contribution in [0.2, 0.25) is 0 Å². The molecule has 1 aliphatic carbocycles. The third-order valence-electron chi connectivity index (χ3n) is 3.68. The summed E-state index contributed by atoms with van der Waals surface area (Å²) in [6.45, 7) is 0.161. The molecule has 0 unspecified atom stereocenters. The number of ketones is 1. The van der Waals surface area contributed by atoms with Gasteiger partial charge in [0, 0.05) is 19.4 Å². The molecule has 1 aliphatic rings. The van der Waals surface area contributed by atoms with Gasteiger partial charge < -0.3 is 0 Å². The largest absolute Gasteiger partial charge is 0.406 e. The first kappa shape index (κ1) is 14.1. The second-order valence-electron chi connectivity index (χ2n) is 4.96. The molecule has 19 heavy (non-hydrogen) atoms. The van der Waals surface area contributed by atoms with E-state index in [1.54, 1.807) is 24.3 Å². The van der Waals surface area contributed by atoms with E-state index in [0.717, 1.165) is 5.56 Å². The van der Waals surface area contributed by atoms with Crippen LogP contribution >= 0.6 is 0 Å². The quantitative estimate of drug-likeness (QED) is 0.914. The third-order valence-corrected chi connectivity index (χ3v) is 3.68. The lowest BCUT2D eigenvalue weighted by molar-refractivity contribution is -0.205. The number of benzene rings is 1. The predicted octanol–water partition coefficient (Wildman–Crippen LogP) is 3.22. The number of rotatable bonds is 3. The zero-order chi connectivity index (χ0) is 13.9. The van der Waals surface area contributed by atoms with E-state index in [1.807, 2.05) is 6.07 Å². The minimum atomic E-state index is -4.33. The molecule has 1 aromatic rings. The highest BCUT2D eigenvalue weighted by molar-refractivity contribution is 5.79. The summed E-state index contributed by atoms with van der Waals surface area (Å²) in [5, 5.41) is 2.63. The zero-order valence-electron chi connectivity index (χ0n) is 10.5. The fourth-order valence-corrected chi connectivity index (χ4v) is 2.38. The van der Waals surface area contributed by atoms with Crippen LogP contribution in [-0.2, 0) is 11.3 Å². The van der Waals surface area contributed by atoms with Gasteiger partial charge in [0.2, 0.25) is 0 Å². The maximum atomic E-state index is 13.3. The Morgan fingerprint density at radius 1 is 1.11 bits per heavy atom. The Morgan fingerprint density at radius 2 is 1.68 bits per heavy atom. The van der Waals surface area contributed by atoms with Crippen LogP contribution in [0.25, 0.3) is 0 Å². The first-order valence-corrected chi connectivity index (χ1v) is 6.30. The Morgan fingerprint density at radius 3 is 2.21 bits per heavy atom. The normalized spacial score (nSPS) is 19.4. The van der Waals surface area contributed by atoms with Crippen molar-refractivity contribution in [2.24, 2.45) is 0 Å². The van der Waals surface area contributed by atoms with Crippen LogP contribution in [0.3, 0.4) is 0 Å². The Hall–Kier alpha value is -1.36. The van der Waals surface area contributed by atoms with Crippen LogP contribution in [-0.4, -0.2) is 17.5 Å². The zero-order valence-corrected chi connectivity index (χ0v) is 10.5. The number of nitrogens with one attached hydrogen (secondary N) is 1. The van der Waals surface area contributed by atoms with Gasteiger partial charge in [-0.05, 0) is 18.4 Å². The summed E-state index contributed by atoms with van der Waals surface area (Å²) in [5.41, 5.74) is -1.11. The van der Waals surface area contributed by atoms with Gasteiger partial charge in [-0.2, -0.15) is 13.2 Å². The van der Waals surface area contributed by atoms with E-state index >= 15 is 0 Å². The second kappa shape index (κ2) is 5.33. The Labute approximate surface area is 110 Å². The average molecular weight is 271 g/mol. The van der Waals surface area contributed by atoms with Crippen molar-refractivity contribution in [2.45, 2.75) is 43.9 Å². The molecular formula is C14H16F3NO. The predicted molar refractivity (Wildman–Crippen MR) is 65.5 cm³/mol. The van der Waals surface area contributed by atoms with Gasteiger partial charge >= 0.3 is 6.18 Å². The maximum absolute atomic E-state index is 13.3. The molecule has 0 amide bonds. The lowest BCUT2D eigenvalue weighted by Crippen LogP contribution is -2.58. The standard InChI is InChI=1S/C14H16F3NO/c15-14(16,17)13(8-6-12(19)7-9-13)18-10-11-4-2-1-3-5-11/h1-5,18H,6-10H2. The van der Waals surface area contributed by atoms with Crippen molar-refractivity contribution < 1.29 is 18.0 Å². The molecule has 0 aromatic heterocycles. The molecule has 1 N–H and O–H groups in total. The highest BCUT2D eigenvalue weighted by Crippen LogP contribution is 2.40. The molecule has 2 nitrogen and oxygen atoms in total. The van der Waals surface area contributed by atoms with Gasteiger partial charge in [-0.15, -0.1) is 0 Å². The van der Waals surface area contributed by atoms with Crippen molar-refractivity contribution >= 4 is 5.78 Å². The number of hydrogen-bond acceptors (Lipinski definition) is 2. The molecule has 2 rings (SSSR count). The summed E-state index contributed by atoms with van der Waals surface area (Å²) in [5.74, 6) is -0.0820. The monoisotopic (exact) mass is 271 g/mol. The Bertz CT molecular complexity index is 432. The summed E-state index contributed by atoms with van der Waals surface area (Å²) in [6.07, 6.45) is -4.66. The number of carbonyl (C=O) groups is 1. The number of halogens is 3. The van der Waals surface area contributed by atoms with Crippen molar-refractivity contribution in [2.75, 3.05) is 0 Å². The molecule has 5 heteroatoms. The van der Waals surface area contributed by atoms with E-state index in [0.29, 0.717) is 0 Å². The van der Waals surface area contributed by atoms with E-state index in [9.17, 15) is 18.0 Å². The maximum Gasteiger partial charge on any atom is 0.406 e. The van der Waals surface area contributed by atoms with Gasteiger partial charge in [0.05, 0.1) is 0 Å². The van der Waals surface area contributed by atoms with Crippen LogP contribution in [0.1, 0.15) is 31.2 Å². The number of Topliss-reactive ketones (excluding diaryl/α,β-unsaturated/α-hetero) is 1. The molecular weight excluding hydrogens is 255 g/mol. The van der Waals surface area contributed by atoms with Crippen molar-refractivity contribution in [1.82, 2.24) is 5.32 Å². The van der Waals surface area contributed by atoms with Crippen molar-refractivity contribution in [3.63, 3.8) is 0 Å². The molecule has 0 bridgehead atoms. The molecule has 1 saturated carbocycles. The smallest absolute Gasteiger partial charge is 0.300 e. The average Bonchev–Trinajstić information content (AvgIpc) is 2.38. The van der Waals surface area contributed by atoms with Gasteiger partial charge in [0.15, 0.2) is 0 Å². The second-order valence-corrected chi connectivity index (χ2v) is 4.96. The van der Waals surface area contributed by atoms with Gasteiger partial charge in [0.1, 0.15) is 11.3 Å². The van der Waals surface area contributed by atoms with Crippen LogP contribution in [0.15, 0.2) is 30.3 Å². The Balaban J connectivity index is 2.09. The summed E-state index contributed by atoms with van der Waals surface area (Å²) in [4.78, 5) is 11.2. The van der Waals surface area contributed by atoms with E-state index in [1.165, 1.54) is 0 Å². The summed E-state index contributed by atoms with van der Waals surface area (Å²) in [7, 11) is 0. The van der Waals surface area contributed by atoms with E-state index in [2.05, 4.69) is 5.32 Å². The van der Waals surface area contributed by atoms with E-state index in [-0.39, 0.29) is 38.0 Å². The van der Waals surface area contributed by atoms with Crippen LogP contribution in [0.5, 0.6) is 0 Å². The first-order chi connectivity index (χ1) is 8.93. The number of carbonyl (C=O) groups excluding carboxylic acids is 1. The van der Waals surface area contributed by atoms with Gasteiger partial charge in [-0.1, -0.05) is 30.3 Å². The number of hydrogen-bond donors (Lipinski definition) is 1. The Kier molecular flexibility index (Phi) is 3.94. The SMILES string of the molecule is O=C1CCC(NCc2ccccc2)(C(F)(F)F)CC1. The summed E-state index contributed by atoms with van der Waals surface area (Å²) >= 11 is 0. The molecule has 0 spiro atoms. The van der Waals surface area contributed by atoms with Gasteiger partial charge in [-0.25, -0.2) is 0 Å². The lowest BCUT2D eigenvalue weighted by Gasteiger charge is -2.39. The molecule has 0 atom stereocenters. The van der Waals surface area contributed by atoms with Gasteiger partial charge in [0.25, 0.3) is 0 Å². The first-order valence-electron chi connectivity index (χ1n) is 6.30. The van der Waals surface area contributed by atoms with Gasteiger partial charge in [-0.3, -0.25) is 10.1 Å². The molecule has 104 valence electrons. The van der Waals surface area contributed by atoms with E-state index in [4.69, 9.17) is 0 Å². The van der Waals surface area contributed by atoms with Crippen LogP contribution < -0.4 is 5.32 Å². The van der Waals surface area contributed by atoms with Crippen LogP contribution in [0, 0.1) is 0 Å². The van der Waals surface area contributed by atoms with Crippen molar-refractivity contribution in [3.05, 3.63) is 35.9 Å². The fourth-order valence-electron chi connectivity index (χ4n) is 2.38. The molecule has 0 heterocycles. The summed E-state index contributed by atoms with van der Waals surface area (Å²) < 4.78 is 39.8. The van der Waals surface area contributed by atoms with Crippen LogP contribution in [0.4, 0.5) is 13.2 Å². The highest BCUT2D eigenvalue weighted by atomic mass is 19.4. The molecule has 0 saturated heterocycles. The minimum Gasteiger partial charge on any atom is -0.300 e. The molecule has 1 aromatic carbocycles. The lowest BCUT2D eigenvalue weighted by atomic mass is 9.80.